The molecule has 1 fully saturated rings. The van der Waals surface area contributed by atoms with Gasteiger partial charge in [-0.05, 0) is 6.92 Å². The Balaban J connectivity index is 0.00000392. The molecule has 3 amide bonds. The number of nitrogen functional groups attached to an aromatic ring is 1. The van der Waals surface area contributed by atoms with Gasteiger partial charge in [-0.3, -0.25) is 14.4 Å². The van der Waals surface area contributed by atoms with Crippen molar-refractivity contribution in [2.24, 2.45) is 5.16 Å². The minimum atomic E-state index is -5.21. The fourth-order valence-electron chi connectivity index (χ4n) is 2.37. The summed E-state index contributed by atoms with van der Waals surface area (Å²) in [6.45, 7) is 2.20. The Hall–Kier alpha value is -1.78. The zero-order valence-electron chi connectivity index (χ0n) is 15.2. The second kappa shape index (κ2) is 8.71. The van der Waals surface area contributed by atoms with Crippen molar-refractivity contribution in [1.82, 2.24) is 19.9 Å². The van der Waals surface area contributed by atoms with Crippen LogP contribution in [0.15, 0.2) is 10.5 Å². The second-order valence-corrected chi connectivity index (χ2v) is 7.65. The number of nitrogens with zero attached hydrogens (tertiary/aromatic N) is 3. The number of nitrogens with one attached hydrogen (secondary N) is 2. The molecule has 1 aliphatic heterocycles. The molecule has 0 aromatic carbocycles. The predicted molar refractivity (Wildman–Crippen MR) is 90.8 cm³/mol. The number of thiazole rings is 1. The van der Waals surface area contributed by atoms with Crippen molar-refractivity contribution < 1.29 is 61.7 Å². The van der Waals surface area contributed by atoms with Crippen LogP contribution in [0.5, 0.6) is 0 Å². The zero-order valence-corrected chi connectivity index (χ0v) is 18.9. The van der Waals surface area contributed by atoms with Crippen molar-refractivity contribution in [3.05, 3.63) is 11.1 Å². The molecule has 2 heterocycles. The van der Waals surface area contributed by atoms with E-state index in [1.807, 2.05) is 0 Å². The molecule has 16 heteroatoms. The number of carbonyl (C=O) groups is 3. The number of aromatic nitrogens is 1. The molecule has 1 saturated heterocycles. The minimum absolute atomic E-state index is 0. The summed E-state index contributed by atoms with van der Waals surface area (Å²) in [6, 6.07) is 0. The molecule has 1 aromatic heterocycles. The number of anilines is 1. The first-order valence-corrected chi connectivity index (χ1v) is 9.38. The third-order valence-corrected chi connectivity index (χ3v) is 5.07. The van der Waals surface area contributed by atoms with E-state index in [-0.39, 0.29) is 50.4 Å². The second-order valence-electron chi connectivity index (χ2n) is 5.51. The maximum atomic E-state index is 12.6. The standard InChI is InChI=1S/C12H16N6O7S2.Na/c1-5(19)14-9-12(2,10(21)18(9)27(22,23)24)16-8(20)7(17-25-3)6-4-26-11(13)15-6;/h4,9H,1-3H3,(H2,13,15)(H,14,19)(H,16,20)(H,22,23,24);/q;+1/p-1/t9-,12-;/m1./s1. The first kappa shape index (κ1) is 24.3. The Morgan fingerprint density at radius 2 is 2.11 bits per heavy atom. The van der Waals surface area contributed by atoms with E-state index < -0.39 is 39.7 Å². The summed E-state index contributed by atoms with van der Waals surface area (Å²) in [7, 11) is -4.04. The Morgan fingerprint density at radius 1 is 1.50 bits per heavy atom. The summed E-state index contributed by atoms with van der Waals surface area (Å²) >= 11 is 1.02. The van der Waals surface area contributed by atoms with E-state index in [2.05, 4.69) is 25.6 Å². The summed E-state index contributed by atoms with van der Waals surface area (Å²) in [6.07, 6.45) is -1.61. The summed E-state index contributed by atoms with van der Waals surface area (Å²) in [5.74, 6) is -2.91. The summed E-state index contributed by atoms with van der Waals surface area (Å²) < 4.78 is 33.7. The van der Waals surface area contributed by atoms with Gasteiger partial charge in [0.25, 0.3) is 11.8 Å². The van der Waals surface area contributed by atoms with Gasteiger partial charge in [0.1, 0.15) is 12.8 Å². The van der Waals surface area contributed by atoms with Gasteiger partial charge in [0.05, 0.1) is 0 Å². The molecule has 0 bridgehead atoms. The monoisotopic (exact) mass is 442 g/mol. The minimum Gasteiger partial charge on any atom is -0.731 e. The Bertz CT molecular complexity index is 933. The molecule has 0 spiro atoms. The topological polar surface area (TPSA) is 196 Å². The number of hydrogen-bond acceptors (Lipinski definition) is 11. The van der Waals surface area contributed by atoms with Crippen LogP contribution in [0, 0.1) is 0 Å². The van der Waals surface area contributed by atoms with Gasteiger partial charge in [-0.15, -0.1) is 11.3 Å². The van der Waals surface area contributed by atoms with E-state index >= 15 is 0 Å². The van der Waals surface area contributed by atoms with Crippen LogP contribution in [0.2, 0.25) is 0 Å². The van der Waals surface area contributed by atoms with Gasteiger partial charge in [0.2, 0.25) is 5.91 Å². The van der Waals surface area contributed by atoms with Crippen LogP contribution in [0.4, 0.5) is 5.13 Å². The molecule has 28 heavy (non-hydrogen) atoms. The number of carbonyl (C=O) groups excluding carboxylic acids is 3. The van der Waals surface area contributed by atoms with Crippen LogP contribution in [-0.4, -0.2) is 64.5 Å². The van der Waals surface area contributed by atoms with Crippen molar-refractivity contribution in [3.63, 3.8) is 0 Å². The van der Waals surface area contributed by atoms with Crippen molar-refractivity contribution in [3.8, 4) is 0 Å². The smallest absolute Gasteiger partial charge is 0.731 e. The largest absolute Gasteiger partial charge is 1.00 e. The van der Waals surface area contributed by atoms with Gasteiger partial charge in [0.15, 0.2) is 32.9 Å². The van der Waals surface area contributed by atoms with Crippen molar-refractivity contribution in [2.75, 3.05) is 12.8 Å². The number of rotatable bonds is 6. The summed E-state index contributed by atoms with van der Waals surface area (Å²) in [4.78, 5) is 44.6. The van der Waals surface area contributed by atoms with Crippen LogP contribution in [0.1, 0.15) is 19.5 Å². The molecule has 148 valence electrons. The van der Waals surface area contributed by atoms with Gasteiger partial charge < -0.3 is 25.8 Å². The van der Waals surface area contributed by atoms with E-state index in [1.165, 1.54) is 12.5 Å². The maximum absolute atomic E-state index is 12.6. The molecule has 0 unspecified atom stereocenters. The van der Waals surface area contributed by atoms with Gasteiger partial charge in [0, 0.05) is 12.3 Å². The number of hydrogen-bond donors (Lipinski definition) is 3. The number of oxime groups is 1. The molecule has 1 aromatic rings. The summed E-state index contributed by atoms with van der Waals surface area (Å²) in [5.41, 5.74) is 3.30. The molecule has 2 atom stereocenters. The molecule has 4 N–H and O–H groups in total. The number of amides is 3. The number of nitrogens with two attached hydrogens (primary N) is 1. The van der Waals surface area contributed by atoms with E-state index in [9.17, 15) is 27.4 Å². The normalized spacial score (nSPS) is 22.0. The molecular weight excluding hydrogens is 427 g/mol. The van der Waals surface area contributed by atoms with E-state index in [1.54, 1.807) is 0 Å². The van der Waals surface area contributed by atoms with Gasteiger partial charge >= 0.3 is 29.6 Å². The Labute approximate surface area is 185 Å². The first-order valence-electron chi connectivity index (χ1n) is 7.13. The zero-order chi connectivity index (χ0) is 20.6. The van der Waals surface area contributed by atoms with E-state index in [0.717, 1.165) is 25.2 Å². The fourth-order valence-corrected chi connectivity index (χ4v) is 3.83. The Kier molecular flexibility index (Phi) is 7.54. The molecule has 0 saturated carbocycles. The van der Waals surface area contributed by atoms with Crippen LogP contribution < -0.4 is 45.9 Å². The van der Waals surface area contributed by atoms with Gasteiger partial charge in [-0.25, -0.2) is 17.7 Å². The predicted octanol–water partition coefficient (Wildman–Crippen LogP) is -5.28. The molecule has 1 aliphatic rings. The fraction of sp³-hybridized carbons (Fsp3) is 0.417. The van der Waals surface area contributed by atoms with Gasteiger partial charge in [-0.2, -0.15) is 0 Å². The third-order valence-electron chi connectivity index (χ3n) is 3.54. The molecule has 0 radical (unpaired) electrons. The van der Waals surface area contributed by atoms with Crippen LogP contribution in [0.25, 0.3) is 0 Å². The van der Waals surface area contributed by atoms with Gasteiger partial charge in [-0.1, -0.05) is 5.16 Å². The summed E-state index contributed by atoms with van der Waals surface area (Å²) in [5, 5.41) is 9.49. The van der Waals surface area contributed by atoms with Crippen molar-refractivity contribution in [1.29, 1.82) is 0 Å². The SMILES string of the molecule is CON=C(C(=O)N[C@@]1(C)C(=O)N(S(=O)(=O)[O-])[C@H]1NC(C)=O)c1csc(N)n1.[Na+]. The quantitative estimate of drug-likeness (QED) is 0.127. The van der Waals surface area contributed by atoms with Crippen LogP contribution >= 0.6 is 11.3 Å². The van der Waals surface area contributed by atoms with E-state index in [0.29, 0.717) is 0 Å². The number of β-lactam (4-membered cyclic amide) rings is 1. The van der Waals surface area contributed by atoms with Crippen molar-refractivity contribution in [2.45, 2.75) is 25.6 Å². The first-order chi connectivity index (χ1) is 12.4. The van der Waals surface area contributed by atoms with Crippen LogP contribution in [0.3, 0.4) is 0 Å². The molecular formula is C12H15N6NaO7S2. The average molecular weight is 442 g/mol. The molecule has 13 nitrogen and oxygen atoms in total. The molecule has 2 rings (SSSR count). The maximum Gasteiger partial charge on any atom is 1.00 e. The van der Waals surface area contributed by atoms with E-state index in [4.69, 9.17) is 5.73 Å². The van der Waals surface area contributed by atoms with Crippen LogP contribution in [-0.2, 0) is 29.5 Å². The van der Waals surface area contributed by atoms with Crippen molar-refractivity contribution >= 4 is 50.2 Å². The Morgan fingerprint density at radius 3 is 2.54 bits per heavy atom. The third kappa shape index (κ3) is 4.61. The molecule has 0 aliphatic carbocycles. The average Bonchev–Trinajstić information content (AvgIpc) is 2.96.